The van der Waals surface area contributed by atoms with Gasteiger partial charge in [0.1, 0.15) is 0 Å². The molecule has 0 fully saturated rings. The summed E-state index contributed by atoms with van der Waals surface area (Å²) in [6.07, 6.45) is 3.28. The summed E-state index contributed by atoms with van der Waals surface area (Å²) in [6, 6.07) is 5.47. The van der Waals surface area contributed by atoms with Crippen LogP contribution in [0, 0.1) is 0 Å². The monoisotopic (exact) mass is 242 g/mol. The molecule has 3 aromatic rings. The molecule has 0 radical (unpaired) electrons. The predicted octanol–water partition coefficient (Wildman–Crippen LogP) is 1.74. The van der Waals surface area contributed by atoms with E-state index in [1.807, 2.05) is 12.1 Å². The number of nitrogens with one attached hydrogen (secondary N) is 2. The summed E-state index contributed by atoms with van der Waals surface area (Å²) >= 11 is 0. The number of H-pyrrole nitrogens is 2. The van der Waals surface area contributed by atoms with Gasteiger partial charge in [0.2, 0.25) is 0 Å². The van der Waals surface area contributed by atoms with Crippen LogP contribution in [0.4, 0.5) is 0 Å². The van der Waals surface area contributed by atoms with E-state index in [2.05, 4.69) is 24.9 Å². The summed E-state index contributed by atoms with van der Waals surface area (Å²) in [5.74, 6) is -0.376. The molecule has 0 amide bonds. The summed E-state index contributed by atoms with van der Waals surface area (Å²) in [4.78, 5) is 18.5. The zero-order chi connectivity index (χ0) is 12.5. The summed E-state index contributed by atoms with van der Waals surface area (Å²) in [7, 11) is 1.35. The Morgan fingerprint density at radius 3 is 3.17 bits per heavy atom. The summed E-state index contributed by atoms with van der Waals surface area (Å²) in [5.41, 5.74) is 2.68. The largest absolute Gasteiger partial charge is 0.465 e. The van der Waals surface area contributed by atoms with Gasteiger partial charge in [0.05, 0.1) is 24.1 Å². The average Bonchev–Trinajstić information content (AvgIpc) is 3.03. The van der Waals surface area contributed by atoms with Crippen LogP contribution < -0.4 is 0 Å². The molecular formula is C12H10N4O2. The highest BCUT2D eigenvalue weighted by Crippen LogP contribution is 2.24. The summed E-state index contributed by atoms with van der Waals surface area (Å²) in [6.45, 7) is 0. The molecular weight excluding hydrogens is 232 g/mol. The van der Waals surface area contributed by atoms with Crippen LogP contribution in [0.25, 0.3) is 22.4 Å². The molecule has 0 bridgehead atoms. The van der Waals surface area contributed by atoms with E-state index in [1.165, 1.54) is 7.11 Å². The number of rotatable bonds is 2. The number of carbonyl (C=O) groups is 1. The van der Waals surface area contributed by atoms with E-state index in [0.717, 1.165) is 16.8 Å². The van der Waals surface area contributed by atoms with Crippen LogP contribution in [0.3, 0.4) is 0 Å². The van der Waals surface area contributed by atoms with Crippen molar-refractivity contribution in [2.24, 2.45) is 0 Å². The Bertz CT molecular complexity index is 714. The molecule has 0 aliphatic heterocycles. The van der Waals surface area contributed by atoms with Gasteiger partial charge in [0.25, 0.3) is 0 Å². The lowest BCUT2D eigenvalue weighted by Crippen LogP contribution is -1.98. The SMILES string of the molecule is COC(=O)c1c[nH]c(-c2[nH]nc3ncccc23)c1. The fourth-order valence-electron chi connectivity index (χ4n) is 1.83. The van der Waals surface area contributed by atoms with Gasteiger partial charge in [-0.2, -0.15) is 5.10 Å². The van der Waals surface area contributed by atoms with Crippen LogP contribution in [0.5, 0.6) is 0 Å². The van der Waals surface area contributed by atoms with Crippen molar-refractivity contribution < 1.29 is 9.53 Å². The first-order chi connectivity index (χ1) is 8.79. The number of hydrogen-bond donors (Lipinski definition) is 2. The second-order valence-electron chi connectivity index (χ2n) is 3.77. The van der Waals surface area contributed by atoms with E-state index in [9.17, 15) is 4.79 Å². The zero-order valence-electron chi connectivity index (χ0n) is 9.60. The predicted molar refractivity (Wildman–Crippen MR) is 65.0 cm³/mol. The molecule has 90 valence electrons. The first-order valence-electron chi connectivity index (χ1n) is 5.36. The number of nitrogens with zero attached hydrogens (tertiary/aromatic N) is 2. The van der Waals surface area contributed by atoms with Gasteiger partial charge in [-0.15, -0.1) is 0 Å². The molecule has 3 rings (SSSR count). The van der Waals surface area contributed by atoms with Gasteiger partial charge in [-0.1, -0.05) is 0 Å². The van der Waals surface area contributed by atoms with Crippen LogP contribution in [-0.2, 0) is 4.74 Å². The number of aromatic amines is 2. The Labute approximate surface area is 102 Å². The minimum Gasteiger partial charge on any atom is -0.465 e. The van der Waals surface area contributed by atoms with E-state index in [-0.39, 0.29) is 5.97 Å². The number of fused-ring (bicyclic) bond motifs is 1. The van der Waals surface area contributed by atoms with Crippen molar-refractivity contribution in [3.63, 3.8) is 0 Å². The Kier molecular flexibility index (Phi) is 2.33. The van der Waals surface area contributed by atoms with Crippen molar-refractivity contribution in [1.82, 2.24) is 20.2 Å². The van der Waals surface area contributed by atoms with Gasteiger partial charge in [-0.3, -0.25) is 5.10 Å². The topological polar surface area (TPSA) is 83.7 Å². The zero-order valence-corrected chi connectivity index (χ0v) is 9.60. The molecule has 18 heavy (non-hydrogen) atoms. The molecule has 6 nitrogen and oxygen atoms in total. The summed E-state index contributed by atoms with van der Waals surface area (Å²) in [5, 5.41) is 7.90. The smallest absolute Gasteiger partial charge is 0.339 e. The highest BCUT2D eigenvalue weighted by atomic mass is 16.5. The average molecular weight is 242 g/mol. The lowest BCUT2D eigenvalue weighted by molar-refractivity contribution is 0.0601. The third kappa shape index (κ3) is 1.55. The Morgan fingerprint density at radius 2 is 2.33 bits per heavy atom. The molecule has 0 atom stereocenters. The van der Waals surface area contributed by atoms with E-state index in [1.54, 1.807) is 18.5 Å². The number of hydrogen-bond acceptors (Lipinski definition) is 4. The third-order valence-corrected chi connectivity index (χ3v) is 2.70. The third-order valence-electron chi connectivity index (χ3n) is 2.70. The quantitative estimate of drug-likeness (QED) is 0.670. The maximum absolute atomic E-state index is 11.4. The van der Waals surface area contributed by atoms with Gasteiger partial charge in [0, 0.05) is 17.8 Å². The maximum atomic E-state index is 11.4. The number of esters is 1. The lowest BCUT2D eigenvalue weighted by atomic mass is 10.2. The molecule has 0 unspecified atom stereocenters. The highest BCUT2D eigenvalue weighted by Gasteiger charge is 2.13. The maximum Gasteiger partial charge on any atom is 0.339 e. The normalized spacial score (nSPS) is 10.7. The molecule has 0 saturated carbocycles. The van der Waals surface area contributed by atoms with E-state index < -0.39 is 0 Å². The fraction of sp³-hybridized carbons (Fsp3) is 0.0833. The number of methoxy groups -OCH3 is 1. The van der Waals surface area contributed by atoms with Gasteiger partial charge >= 0.3 is 5.97 Å². The van der Waals surface area contributed by atoms with Gasteiger partial charge in [-0.25, -0.2) is 9.78 Å². The first kappa shape index (κ1) is 10.5. The van der Waals surface area contributed by atoms with Crippen molar-refractivity contribution >= 4 is 17.0 Å². The minimum absolute atomic E-state index is 0.376. The second kappa shape index (κ2) is 3.99. The van der Waals surface area contributed by atoms with E-state index in [0.29, 0.717) is 11.2 Å². The van der Waals surface area contributed by atoms with Crippen LogP contribution in [0.2, 0.25) is 0 Å². The molecule has 0 aliphatic carbocycles. The standard InChI is InChI=1S/C12H10N4O2/c1-18-12(17)7-5-9(14-6-7)10-8-3-2-4-13-11(8)16-15-10/h2-6,14H,1H3,(H,13,15,16). The van der Waals surface area contributed by atoms with Crippen LogP contribution in [-0.4, -0.2) is 33.2 Å². The Morgan fingerprint density at radius 1 is 1.44 bits per heavy atom. The summed E-state index contributed by atoms with van der Waals surface area (Å²) < 4.78 is 4.66. The Balaban J connectivity index is 2.09. The van der Waals surface area contributed by atoms with Crippen molar-refractivity contribution in [3.05, 3.63) is 36.2 Å². The first-order valence-corrected chi connectivity index (χ1v) is 5.36. The fourth-order valence-corrected chi connectivity index (χ4v) is 1.83. The van der Waals surface area contributed by atoms with Crippen molar-refractivity contribution in [2.75, 3.05) is 7.11 Å². The highest BCUT2D eigenvalue weighted by molar-refractivity contribution is 5.94. The molecule has 3 heterocycles. The van der Waals surface area contributed by atoms with Crippen LogP contribution >= 0.6 is 0 Å². The minimum atomic E-state index is -0.376. The van der Waals surface area contributed by atoms with Gasteiger partial charge in [-0.05, 0) is 18.2 Å². The van der Waals surface area contributed by atoms with Gasteiger partial charge < -0.3 is 9.72 Å². The van der Waals surface area contributed by atoms with Gasteiger partial charge in [0.15, 0.2) is 5.65 Å². The molecule has 0 saturated heterocycles. The number of aromatic nitrogens is 4. The second-order valence-corrected chi connectivity index (χ2v) is 3.77. The van der Waals surface area contributed by atoms with E-state index >= 15 is 0 Å². The number of carbonyl (C=O) groups excluding carboxylic acids is 1. The van der Waals surface area contributed by atoms with E-state index in [4.69, 9.17) is 0 Å². The van der Waals surface area contributed by atoms with Crippen LogP contribution in [0.15, 0.2) is 30.6 Å². The molecule has 0 spiro atoms. The lowest BCUT2D eigenvalue weighted by Gasteiger charge is -1.93. The van der Waals surface area contributed by atoms with Crippen molar-refractivity contribution in [3.8, 4) is 11.4 Å². The molecule has 0 aliphatic rings. The number of pyridine rings is 1. The molecule has 2 N–H and O–H groups in total. The van der Waals surface area contributed by atoms with Crippen LogP contribution in [0.1, 0.15) is 10.4 Å². The number of ether oxygens (including phenoxy) is 1. The molecule has 3 aromatic heterocycles. The van der Waals surface area contributed by atoms with Crippen molar-refractivity contribution in [1.29, 1.82) is 0 Å². The molecule has 6 heteroatoms. The molecule has 0 aromatic carbocycles. The van der Waals surface area contributed by atoms with Crippen molar-refractivity contribution in [2.45, 2.75) is 0 Å². The Hall–Kier alpha value is -2.63.